The molecular formula is C10H13BrClNOS. The zero-order valence-corrected chi connectivity index (χ0v) is 11.8. The van der Waals surface area contributed by atoms with E-state index >= 15 is 0 Å². The molecule has 0 aliphatic rings. The highest BCUT2D eigenvalue weighted by molar-refractivity contribution is 9.09. The van der Waals surface area contributed by atoms with Gasteiger partial charge in [0.15, 0.2) is 0 Å². The van der Waals surface area contributed by atoms with Crippen LogP contribution in [0.15, 0.2) is 12.1 Å². The summed E-state index contributed by atoms with van der Waals surface area (Å²) < 4.78 is 0.636. The molecule has 1 amide bonds. The van der Waals surface area contributed by atoms with Crippen molar-refractivity contribution in [2.24, 2.45) is 0 Å². The van der Waals surface area contributed by atoms with Crippen LogP contribution in [0.3, 0.4) is 0 Å². The Morgan fingerprint density at radius 1 is 1.67 bits per heavy atom. The lowest BCUT2D eigenvalue weighted by molar-refractivity contribution is 0.0917. The minimum Gasteiger partial charge on any atom is -0.345 e. The Kier molecular flexibility index (Phi) is 4.62. The number of carbonyl (C=O) groups excluding carboxylic acids is 1. The van der Waals surface area contributed by atoms with Crippen molar-refractivity contribution in [3.05, 3.63) is 21.3 Å². The minimum absolute atomic E-state index is 0.0595. The average Bonchev–Trinajstić information content (AvgIpc) is 2.65. The standard InChI is InChI=1S/C10H13BrClNOS/c1-3-10(2,6-11)13-9(14)7-4-5-8(12)15-7/h4-5H,3,6H2,1-2H3,(H,13,14). The van der Waals surface area contributed by atoms with Crippen LogP contribution in [-0.4, -0.2) is 16.8 Å². The molecule has 1 N–H and O–H groups in total. The number of alkyl halides is 1. The fourth-order valence-corrected chi connectivity index (χ4v) is 2.46. The van der Waals surface area contributed by atoms with Crippen molar-refractivity contribution in [1.82, 2.24) is 5.32 Å². The molecule has 1 unspecified atom stereocenters. The van der Waals surface area contributed by atoms with Crippen LogP contribution in [0.4, 0.5) is 0 Å². The fraction of sp³-hybridized carbons (Fsp3) is 0.500. The molecule has 5 heteroatoms. The lowest BCUT2D eigenvalue weighted by atomic mass is 10.0. The van der Waals surface area contributed by atoms with Crippen molar-refractivity contribution in [3.8, 4) is 0 Å². The molecule has 0 radical (unpaired) electrons. The smallest absolute Gasteiger partial charge is 0.261 e. The topological polar surface area (TPSA) is 29.1 Å². The number of amides is 1. The quantitative estimate of drug-likeness (QED) is 0.844. The van der Waals surface area contributed by atoms with E-state index in [0.29, 0.717) is 9.21 Å². The van der Waals surface area contributed by atoms with Crippen LogP contribution in [0.25, 0.3) is 0 Å². The maximum atomic E-state index is 11.8. The van der Waals surface area contributed by atoms with Crippen molar-refractivity contribution >= 4 is 44.8 Å². The van der Waals surface area contributed by atoms with E-state index in [2.05, 4.69) is 21.2 Å². The first-order chi connectivity index (χ1) is 7.00. The predicted molar refractivity (Wildman–Crippen MR) is 69.3 cm³/mol. The summed E-state index contributed by atoms with van der Waals surface area (Å²) in [6.45, 7) is 4.05. The molecule has 84 valence electrons. The van der Waals surface area contributed by atoms with Gasteiger partial charge in [0.2, 0.25) is 0 Å². The SMILES string of the molecule is CCC(C)(CBr)NC(=O)c1ccc(Cl)s1. The fourth-order valence-electron chi connectivity index (χ4n) is 0.988. The van der Waals surface area contributed by atoms with Gasteiger partial charge in [0.25, 0.3) is 5.91 Å². The number of carbonyl (C=O) groups is 1. The second kappa shape index (κ2) is 5.32. The Bertz CT molecular complexity index is 349. The van der Waals surface area contributed by atoms with Crippen LogP contribution in [0.5, 0.6) is 0 Å². The number of hydrogen-bond acceptors (Lipinski definition) is 2. The molecule has 1 atom stereocenters. The zero-order chi connectivity index (χ0) is 11.5. The molecule has 2 nitrogen and oxygen atoms in total. The molecule has 1 aromatic rings. The van der Waals surface area contributed by atoms with E-state index in [0.717, 1.165) is 11.8 Å². The number of hydrogen-bond donors (Lipinski definition) is 1. The maximum absolute atomic E-state index is 11.8. The first-order valence-electron chi connectivity index (χ1n) is 4.64. The van der Waals surface area contributed by atoms with Crippen molar-refractivity contribution in [2.75, 3.05) is 5.33 Å². The lowest BCUT2D eigenvalue weighted by Crippen LogP contribution is -2.46. The predicted octanol–water partition coefficient (Wildman–Crippen LogP) is 3.69. The zero-order valence-electron chi connectivity index (χ0n) is 8.64. The highest BCUT2D eigenvalue weighted by Gasteiger charge is 2.23. The average molecular weight is 311 g/mol. The van der Waals surface area contributed by atoms with Crippen LogP contribution in [0.2, 0.25) is 4.34 Å². The Labute approximate surface area is 107 Å². The third-order valence-electron chi connectivity index (χ3n) is 2.29. The van der Waals surface area contributed by atoms with Gasteiger partial charge >= 0.3 is 0 Å². The summed E-state index contributed by atoms with van der Waals surface area (Å²) >= 11 is 10.5. The summed E-state index contributed by atoms with van der Waals surface area (Å²) in [5, 5.41) is 3.73. The molecule has 1 aromatic heterocycles. The van der Waals surface area contributed by atoms with E-state index in [1.165, 1.54) is 11.3 Å². The molecule has 0 aliphatic carbocycles. The van der Waals surface area contributed by atoms with E-state index in [1.54, 1.807) is 12.1 Å². The normalized spacial score (nSPS) is 14.7. The van der Waals surface area contributed by atoms with Gasteiger partial charge in [0.05, 0.1) is 9.21 Å². The summed E-state index contributed by atoms with van der Waals surface area (Å²) in [7, 11) is 0. The largest absolute Gasteiger partial charge is 0.345 e. The van der Waals surface area contributed by atoms with Crippen molar-refractivity contribution < 1.29 is 4.79 Å². The number of halogens is 2. The lowest BCUT2D eigenvalue weighted by Gasteiger charge is -2.26. The van der Waals surface area contributed by atoms with E-state index in [4.69, 9.17) is 11.6 Å². The maximum Gasteiger partial charge on any atom is 0.261 e. The van der Waals surface area contributed by atoms with Gasteiger partial charge in [-0.3, -0.25) is 4.79 Å². The molecule has 0 spiro atoms. The van der Waals surface area contributed by atoms with Gasteiger partial charge in [-0.05, 0) is 25.5 Å². The molecule has 0 aromatic carbocycles. The number of nitrogens with one attached hydrogen (secondary N) is 1. The van der Waals surface area contributed by atoms with Gasteiger partial charge in [-0.2, -0.15) is 0 Å². The minimum atomic E-state index is -0.201. The van der Waals surface area contributed by atoms with Gasteiger partial charge in [-0.1, -0.05) is 34.5 Å². The van der Waals surface area contributed by atoms with Crippen LogP contribution < -0.4 is 5.32 Å². The van der Waals surface area contributed by atoms with Gasteiger partial charge in [0, 0.05) is 10.9 Å². The van der Waals surface area contributed by atoms with Crippen molar-refractivity contribution in [1.29, 1.82) is 0 Å². The molecule has 1 rings (SSSR count). The Balaban J connectivity index is 2.71. The van der Waals surface area contributed by atoms with Crippen LogP contribution in [-0.2, 0) is 0 Å². The molecule has 1 heterocycles. The van der Waals surface area contributed by atoms with Crippen molar-refractivity contribution in [2.45, 2.75) is 25.8 Å². The van der Waals surface area contributed by atoms with Gasteiger partial charge < -0.3 is 5.32 Å². The third-order valence-corrected chi connectivity index (χ3v) is 4.76. The van der Waals surface area contributed by atoms with E-state index in [-0.39, 0.29) is 11.4 Å². The Morgan fingerprint density at radius 3 is 2.73 bits per heavy atom. The summed E-state index contributed by atoms with van der Waals surface area (Å²) in [5.74, 6) is -0.0595. The Hall–Kier alpha value is -0.0600. The second-order valence-electron chi connectivity index (χ2n) is 3.61. The first-order valence-corrected chi connectivity index (χ1v) is 6.96. The molecule has 0 fully saturated rings. The Morgan fingerprint density at radius 2 is 2.33 bits per heavy atom. The molecule has 0 bridgehead atoms. The van der Waals surface area contributed by atoms with E-state index < -0.39 is 0 Å². The second-order valence-corrected chi connectivity index (χ2v) is 5.88. The highest BCUT2D eigenvalue weighted by atomic mass is 79.9. The van der Waals surface area contributed by atoms with Crippen LogP contribution >= 0.6 is 38.9 Å². The number of rotatable bonds is 4. The summed E-state index contributed by atoms with van der Waals surface area (Å²) in [6, 6.07) is 3.48. The van der Waals surface area contributed by atoms with Crippen molar-refractivity contribution in [3.63, 3.8) is 0 Å². The molecule has 0 saturated heterocycles. The van der Waals surface area contributed by atoms with Crippen LogP contribution in [0.1, 0.15) is 29.9 Å². The highest BCUT2D eigenvalue weighted by Crippen LogP contribution is 2.22. The summed E-state index contributed by atoms with van der Waals surface area (Å²) in [6.07, 6.45) is 0.878. The van der Waals surface area contributed by atoms with Gasteiger partial charge in [0.1, 0.15) is 0 Å². The molecular weight excluding hydrogens is 298 g/mol. The number of thiophene rings is 1. The van der Waals surface area contributed by atoms with Gasteiger partial charge in [-0.25, -0.2) is 0 Å². The summed E-state index contributed by atoms with van der Waals surface area (Å²) in [5.41, 5.74) is -0.201. The van der Waals surface area contributed by atoms with Gasteiger partial charge in [-0.15, -0.1) is 11.3 Å². The monoisotopic (exact) mass is 309 g/mol. The van der Waals surface area contributed by atoms with E-state index in [9.17, 15) is 4.79 Å². The molecule has 15 heavy (non-hydrogen) atoms. The van der Waals surface area contributed by atoms with Crippen LogP contribution in [0, 0.1) is 0 Å². The molecule has 0 aliphatic heterocycles. The third kappa shape index (κ3) is 3.47. The first kappa shape index (κ1) is 13.0. The summed E-state index contributed by atoms with van der Waals surface area (Å²) in [4.78, 5) is 12.5. The van der Waals surface area contributed by atoms with E-state index in [1.807, 2.05) is 13.8 Å². The molecule has 0 saturated carbocycles.